The summed E-state index contributed by atoms with van der Waals surface area (Å²) in [6, 6.07) is 14.6. The van der Waals surface area contributed by atoms with Crippen molar-refractivity contribution in [3.63, 3.8) is 0 Å². The van der Waals surface area contributed by atoms with E-state index in [0.717, 1.165) is 67.9 Å². The van der Waals surface area contributed by atoms with Crippen LogP contribution in [0.25, 0.3) is 22.6 Å². The molecule has 9 nitrogen and oxygen atoms in total. The number of benzene rings is 1. The number of hydrogen-bond donors (Lipinski definition) is 2. The van der Waals surface area contributed by atoms with Crippen LogP contribution >= 0.6 is 0 Å². The predicted octanol–water partition coefficient (Wildman–Crippen LogP) is 4.48. The number of fused-ring (bicyclic) bond motifs is 1. The summed E-state index contributed by atoms with van der Waals surface area (Å²) in [6.07, 6.45) is 6.84. The van der Waals surface area contributed by atoms with E-state index in [1.165, 1.54) is 12.1 Å². The Kier molecular flexibility index (Phi) is 7.98. The van der Waals surface area contributed by atoms with E-state index < -0.39 is 7.05 Å². The summed E-state index contributed by atoms with van der Waals surface area (Å²) in [5, 5.41) is 12.5. The number of nitrogens with zero attached hydrogens (tertiary/aromatic N) is 6. The number of piperidine rings is 2. The minimum atomic E-state index is -0.656. The molecule has 0 saturated carbocycles. The third-order valence-corrected chi connectivity index (χ3v) is 8.21. The highest BCUT2D eigenvalue weighted by molar-refractivity contribution is 6.52. The summed E-state index contributed by atoms with van der Waals surface area (Å²) in [5.74, 6) is 1.41. The summed E-state index contributed by atoms with van der Waals surface area (Å²) in [4.78, 5) is 31.4. The molecule has 2 aliphatic rings. The zero-order valence-electron chi connectivity index (χ0n) is 23.3. The van der Waals surface area contributed by atoms with Gasteiger partial charge in [0.05, 0.1) is 11.0 Å². The smallest absolute Gasteiger partial charge is 0.408 e. The summed E-state index contributed by atoms with van der Waals surface area (Å²) in [7, 11) is -0.656. The number of carbonyl (C=O) groups excluding carboxylic acids is 1. The quantitative estimate of drug-likeness (QED) is 0.324. The normalized spacial score (nSPS) is 17.2. The Balaban J connectivity index is 0.00000353. The van der Waals surface area contributed by atoms with Crippen LogP contribution in [0.4, 0.5) is 10.2 Å². The second-order valence-electron chi connectivity index (χ2n) is 11.1. The number of pyridine rings is 2. The van der Waals surface area contributed by atoms with Crippen molar-refractivity contribution >= 4 is 29.8 Å². The van der Waals surface area contributed by atoms with Gasteiger partial charge in [-0.3, -0.25) is 14.7 Å². The molecule has 2 N–H and O–H groups in total. The molecule has 0 radical (unpaired) electrons. The van der Waals surface area contributed by atoms with E-state index in [4.69, 9.17) is 4.98 Å². The van der Waals surface area contributed by atoms with Crippen molar-refractivity contribution in [3.8, 4) is 11.5 Å². The average Bonchev–Trinajstić information content (AvgIpc) is 3.36. The lowest BCUT2D eigenvalue weighted by molar-refractivity contribution is -0.138. The number of nitrogens with one attached hydrogen (secondary N) is 1. The fourth-order valence-electron chi connectivity index (χ4n) is 6.18. The molecule has 41 heavy (non-hydrogen) atoms. The maximum Gasteiger partial charge on any atom is 0.408 e. The van der Waals surface area contributed by atoms with Gasteiger partial charge in [0, 0.05) is 51.5 Å². The van der Waals surface area contributed by atoms with Crippen molar-refractivity contribution in [1.82, 2.24) is 29.3 Å². The zero-order valence-corrected chi connectivity index (χ0v) is 23.3. The van der Waals surface area contributed by atoms with Gasteiger partial charge in [0.25, 0.3) is 0 Å². The first-order valence-corrected chi connectivity index (χ1v) is 14.4. The Hall–Kier alpha value is -3.83. The van der Waals surface area contributed by atoms with Crippen molar-refractivity contribution in [2.24, 2.45) is 5.92 Å². The predicted molar refractivity (Wildman–Crippen MR) is 160 cm³/mol. The van der Waals surface area contributed by atoms with E-state index in [0.29, 0.717) is 24.4 Å². The van der Waals surface area contributed by atoms with E-state index >= 15 is 0 Å². The van der Waals surface area contributed by atoms with Crippen LogP contribution in [-0.4, -0.2) is 73.5 Å². The second-order valence-corrected chi connectivity index (χ2v) is 11.1. The van der Waals surface area contributed by atoms with Crippen LogP contribution < -0.4 is 5.23 Å². The molecule has 5 heterocycles. The molecule has 0 bridgehead atoms. The van der Waals surface area contributed by atoms with E-state index in [2.05, 4.69) is 24.7 Å². The van der Waals surface area contributed by atoms with Crippen molar-refractivity contribution in [2.45, 2.75) is 45.1 Å². The fraction of sp³-hybridized carbons (Fsp3) is 0.400. The van der Waals surface area contributed by atoms with Crippen LogP contribution in [-0.2, 0) is 11.3 Å². The monoisotopic (exact) mass is 557 g/mol. The molecule has 1 amide bonds. The topological polar surface area (TPSA) is 99.4 Å². The van der Waals surface area contributed by atoms with Crippen LogP contribution in [0.5, 0.6) is 0 Å². The van der Waals surface area contributed by atoms with E-state index in [1.807, 2.05) is 35.2 Å². The first-order valence-electron chi connectivity index (χ1n) is 14.4. The lowest BCUT2D eigenvalue weighted by Gasteiger charge is -2.38. The first-order chi connectivity index (χ1) is 19.9. The van der Waals surface area contributed by atoms with E-state index in [1.54, 1.807) is 25.3 Å². The molecule has 214 valence electrons. The lowest BCUT2D eigenvalue weighted by atomic mass is 9.89. The zero-order chi connectivity index (χ0) is 28.3. The Morgan fingerprint density at radius 1 is 1.05 bits per heavy atom. The van der Waals surface area contributed by atoms with Crippen molar-refractivity contribution in [2.75, 3.05) is 31.4 Å². The molecule has 0 unspecified atom stereocenters. The SMILES string of the molecule is CB(O)Nc1cc(CN2CCC(C(=O)N3CCC(n4c(-c5ccccn5)nc5cc(F)ccc54)CC3)CC2)ccn1.[HH]. The summed E-state index contributed by atoms with van der Waals surface area (Å²) in [6.45, 7) is 5.61. The van der Waals surface area contributed by atoms with Crippen molar-refractivity contribution in [3.05, 3.63) is 72.3 Å². The van der Waals surface area contributed by atoms with E-state index in [9.17, 15) is 14.2 Å². The van der Waals surface area contributed by atoms with Gasteiger partial charge in [-0.15, -0.1) is 0 Å². The first kappa shape index (κ1) is 27.3. The molecule has 0 atom stereocenters. The number of amides is 1. The van der Waals surface area contributed by atoms with Crippen LogP contribution in [0.3, 0.4) is 0 Å². The number of anilines is 1. The number of rotatable bonds is 7. The van der Waals surface area contributed by atoms with Gasteiger partial charge in [-0.05, 0) is 87.6 Å². The molecule has 1 aromatic carbocycles. The molecular formula is C30H37BFN7O2. The minimum Gasteiger partial charge on any atom is -0.433 e. The summed E-state index contributed by atoms with van der Waals surface area (Å²) < 4.78 is 16.2. The third kappa shape index (κ3) is 6.11. The van der Waals surface area contributed by atoms with Crippen LogP contribution in [0, 0.1) is 11.7 Å². The largest absolute Gasteiger partial charge is 0.433 e. The summed E-state index contributed by atoms with van der Waals surface area (Å²) in [5.41, 5.74) is 3.41. The van der Waals surface area contributed by atoms with Crippen molar-refractivity contribution in [1.29, 1.82) is 0 Å². The van der Waals surface area contributed by atoms with Gasteiger partial charge in [-0.25, -0.2) is 14.4 Å². The number of carbonyl (C=O) groups is 1. The molecule has 6 rings (SSSR count). The van der Waals surface area contributed by atoms with Gasteiger partial charge < -0.3 is 19.7 Å². The molecule has 2 aliphatic heterocycles. The van der Waals surface area contributed by atoms with Gasteiger partial charge in [-0.1, -0.05) is 6.07 Å². The Morgan fingerprint density at radius 2 is 1.85 bits per heavy atom. The molecule has 0 spiro atoms. The molecule has 2 saturated heterocycles. The van der Waals surface area contributed by atoms with Gasteiger partial charge in [0.2, 0.25) is 5.91 Å². The number of likely N-dealkylation sites (tertiary alicyclic amines) is 2. The highest BCUT2D eigenvalue weighted by atomic mass is 19.1. The number of hydrogen-bond acceptors (Lipinski definition) is 7. The van der Waals surface area contributed by atoms with Gasteiger partial charge in [-0.2, -0.15) is 0 Å². The highest BCUT2D eigenvalue weighted by Crippen LogP contribution is 2.34. The molecule has 2 fully saturated rings. The maximum absolute atomic E-state index is 14.0. The molecule has 11 heteroatoms. The lowest BCUT2D eigenvalue weighted by Crippen LogP contribution is -2.45. The second kappa shape index (κ2) is 12.0. The van der Waals surface area contributed by atoms with Crippen LogP contribution in [0.1, 0.15) is 38.7 Å². The molecular weight excluding hydrogens is 520 g/mol. The average molecular weight is 557 g/mol. The van der Waals surface area contributed by atoms with Crippen molar-refractivity contribution < 1.29 is 15.6 Å². The van der Waals surface area contributed by atoms with Crippen LogP contribution in [0.2, 0.25) is 6.82 Å². The minimum absolute atomic E-state index is 0. The molecule has 3 aromatic heterocycles. The highest BCUT2D eigenvalue weighted by Gasteiger charge is 2.32. The van der Waals surface area contributed by atoms with Crippen LogP contribution in [0.15, 0.2) is 60.9 Å². The number of imidazole rings is 1. The summed E-state index contributed by atoms with van der Waals surface area (Å²) >= 11 is 0. The standard InChI is InChI=1S/C30H35BFN7O2.H2/c1-31(41)36-28-18-21(7-13-34-28)20-37-14-8-22(9-15-37)30(40)38-16-10-24(11-17-38)39-27-6-5-23(32)19-26(27)35-29(39)25-4-2-3-12-33-25;/h2-7,12-13,18-19,22,24,41H,8-11,14-17,20H2,1H3,(H,34,36);1H. The van der Waals surface area contributed by atoms with E-state index in [-0.39, 0.29) is 25.1 Å². The fourth-order valence-corrected chi connectivity index (χ4v) is 6.18. The number of aromatic nitrogens is 4. The Morgan fingerprint density at radius 3 is 2.59 bits per heavy atom. The van der Waals surface area contributed by atoms with Gasteiger partial charge >= 0.3 is 7.05 Å². The van der Waals surface area contributed by atoms with Gasteiger partial charge in [0.15, 0.2) is 5.82 Å². The number of halogens is 1. The maximum atomic E-state index is 14.0. The molecule has 0 aliphatic carbocycles. The Labute approximate surface area is 241 Å². The Bertz CT molecular complexity index is 1510. The van der Waals surface area contributed by atoms with Gasteiger partial charge in [0.1, 0.15) is 17.3 Å². The molecule has 4 aromatic rings. The third-order valence-electron chi connectivity index (χ3n) is 8.21.